The van der Waals surface area contributed by atoms with E-state index in [0.29, 0.717) is 17.1 Å². The number of sulfonamides is 1. The number of carbonyl (C=O) groups excluding carboxylic acids is 1. The van der Waals surface area contributed by atoms with Gasteiger partial charge in [0, 0.05) is 10.2 Å². The molecule has 0 aromatic heterocycles. The van der Waals surface area contributed by atoms with Crippen molar-refractivity contribution in [1.82, 2.24) is 0 Å². The molecule has 0 heterocycles. The number of hydrogen-bond acceptors (Lipinski definition) is 5. The van der Waals surface area contributed by atoms with Gasteiger partial charge in [0.25, 0.3) is 15.9 Å². The van der Waals surface area contributed by atoms with E-state index in [1.807, 2.05) is 6.07 Å². The number of nitrogens with one attached hydrogen (secondary N) is 2. The zero-order chi connectivity index (χ0) is 22.4. The van der Waals surface area contributed by atoms with Crippen molar-refractivity contribution in [3.05, 3.63) is 76.2 Å². The molecule has 0 aliphatic heterocycles. The highest BCUT2D eigenvalue weighted by molar-refractivity contribution is 9.10. The molecule has 3 aromatic rings. The van der Waals surface area contributed by atoms with Gasteiger partial charge in [-0.05, 0) is 70.5 Å². The topological polar surface area (TPSA) is 93.7 Å². The molecule has 0 saturated carbocycles. The van der Waals surface area contributed by atoms with Crippen LogP contribution in [0.3, 0.4) is 0 Å². The number of rotatable bonds is 8. The molecule has 0 radical (unpaired) electrons. The van der Waals surface area contributed by atoms with Crippen LogP contribution in [0.25, 0.3) is 0 Å². The molecule has 0 spiro atoms. The van der Waals surface area contributed by atoms with Gasteiger partial charge < -0.3 is 14.8 Å². The van der Waals surface area contributed by atoms with Gasteiger partial charge in [-0.2, -0.15) is 0 Å². The summed E-state index contributed by atoms with van der Waals surface area (Å²) in [5.74, 6) is 0.407. The second-order valence-corrected chi connectivity index (χ2v) is 9.19. The van der Waals surface area contributed by atoms with Crippen molar-refractivity contribution in [2.75, 3.05) is 23.8 Å². The molecule has 162 valence electrons. The second kappa shape index (κ2) is 10.0. The maximum Gasteiger partial charge on any atom is 0.262 e. The molecule has 10 heteroatoms. The lowest BCUT2D eigenvalue weighted by molar-refractivity contribution is -0.118. The van der Waals surface area contributed by atoms with Crippen LogP contribution in [0.1, 0.15) is 0 Å². The summed E-state index contributed by atoms with van der Waals surface area (Å²) in [7, 11) is -2.34. The minimum atomic E-state index is -3.86. The van der Waals surface area contributed by atoms with E-state index in [2.05, 4.69) is 26.0 Å². The molecule has 0 atom stereocenters. The molecule has 0 fully saturated rings. The van der Waals surface area contributed by atoms with Gasteiger partial charge in [-0.1, -0.05) is 23.7 Å². The summed E-state index contributed by atoms with van der Waals surface area (Å²) in [5, 5.41) is 2.76. The molecule has 31 heavy (non-hydrogen) atoms. The molecule has 0 saturated heterocycles. The first-order valence-electron chi connectivity index (χ1n) is 8.92. The molecule has 3 aromatic carbocycles. The summed E-state index contributed by atoms with van der Waals surface area (Å²) in [6, 6.07) is 17.6. The molecule has 0 bridgehead atoms. The molecule has 2 N–H and O–H groups in total. The van der Waals surface area contributed by atoms with Crippen molar-refractivity contribution >= 4 is 54.8 Å². The fourth-order valence-electron chi connectivity index (χ4n) is 2.53. The molecule has 3 rings (SSSR count). The van der Waals surface area contributed by atoms with Gasteiger partial charge in [0.1, 0.15) is 11.5 Å². The average Bonchev–Trinajstić information content (AvgIpc) is 2.75. The minimum absolute atomic E-state index is 0.0432. The van der Waals surface area contributed by atoms with Crippen LogP contribution in [-0.2, 0) is 14.8 Å². The lowest BCUT2D eigenvalue weighted by Gasteiger charge is -2.12. The van der Waals surface area contributed by atoms with Crippen LogP contribution in [0, 0.1) is 0 Å². The summed E-state index contributed by atoms with van der Waals surface area (Å²) in [4.78, 5) is 12.1. The Bertz CT molecular complexity index is 1190. The van der Waals surface area contributed by atoms with Crippen molar-refractivity contribution in [3.8, 4) is 11.5 Å². The van der Waals surface area contributed by atoms with Gasteiger partial charge in [0.2, 0.25) is 0 Å². The number of methoxy groups -OCH3 is 1. The quantitative estimate of drug-likeness (QED) is 0.435. The molecule has 7 nitrogen and oxygen atoms in total. The first-order valence-corrected chi connectivity index (χ1v) is 11.6. The summed E-state index contributed by atoms with van der Waals surface area (Å²) in [5.41, 5.74) is 0.981. The Balaban J connectivity index is 1.64. The number of amides is 1. The van der Waals surface area contributed by atoms with Crippen LogP contribution in [0.4, 0.5) is 11.4 Å². The second-order valence-electron chi connectivity index (χ2n) is 6.24. The van der Waals surface area contributed by atoms with Crippen LogP contribution in [-0.4, -0.2) is 28.0 Å². The molecular weight excluding hydrogens is 508 g/mol. The fraction of sp³-hybridized carbons (Fsp3) is 0.0952. The highest BCUT2D eigenvalue weighted by Crippen LogP contribution is 2.29. The highest BCUT2D eigenvalue weighted by atomic mass is 79.9. The Kier molecular flexibility index (Phi) is 7.42. The first kappa shape index (κ1) is 22.9. The Hall–Kier alpha value is -2.75. The van der Waals surface area contributed by atoms with Crippen LogP contribution < -0.4 is 19.5 Å². The normalized spacial score (nSPS) is 10.9. The van der Waals surface area contributed by atoms with Gasteiger partial charge in [-0.25, -0.2) is 8.42 Å². The Morgan fingerprint density at radius 3 is 2.42 bits per heavy atom. The van der Waals surface area contributed by atoms with E-state index in [-0.39, 0.29) is 28.2 Å². The van der Waals surface area contributed by atoms with E-state index >= 15 is 0 Å². The summed E-state index contributed by atoms with van der Waals surface area (Å²) < 4.78 is 38.9. The highest BCUT2D eigenvalue weighted by Gasteiger charge is 2.17. The third-order valence-corrected chi connectivity index (χ3v) is 6.43. The van der Waals surface area contributed by atoms with Gasteiger partial charge in [0.05, 0.1) is 22.7 Å². The van der Waals surface area contributed by atoms with E-state index in [0.717, 1.165) is 4.47 Å². The Labute approximate surface area is 193 Å². The van der Waals surface area contributed by atoms with Gasteiger partial charge in [-0.15, -0.1) is 0 Å². The Morgan fingerprint density at radius 1 is 1.06 bits per heavy atom. The van der Waals surface area contributed by atoms with Crippen LogP contribution in [0.15, 0.2) is 76.1 Å². The zero-order valence-electron chi connectivity index (χ0n) is 16.3. The Morgan fingerprint density at radius 2 is 1.77 bits per heavy atom. The standard InChI is InChI=1S/C21H18BrClN2O5S/c1-29-15-8-6-14(7-9-15)25-31(27,28)16-10-11-20(18(23)12-16)30-13-21(26)24-19-5-3-2-4-17(19)22/h2-12,25H,13H2,1H3,(H,24,26). The monoisotopic (exact) mass is 524 g/mol. The summed E-state index contributed by atoms with van der Waals surface area (Å²) >= 11 is 9.52. The van der Waals surface area contributed by atoms with Gasteiger partial charge >= 0.3 is 0 Å². The van der Waals surface area contributed by atoms with E-state index < -0.39 is 10.0 Å². The van der Waals surface area contributed by atoms with Gasteiger partial charge in [0.15, 0.2) is 6.61 Å². The van der Waals surface area contributed by atoms with Crippen molar-refractivity contribution in [3.63, 3.8) is 0 Å². The van der Waals surface area contributed by atoms with E-state index in [1.165, 1.54) is 25.3 Å². The number of para-hydroxylation sites is 1. The van der Waals surface area contributed by atoms with Crippen LogP contribution in [0.2, 0.25) is 5.02 Å². The van der Waals surface area contributed by atoms with Crippen molar-refractivity contribution in [2.24, 2.45) is 0 Å². The molecule has 1 amide bonds. The lowest BCUT2D eigenvalue weighted by Crippen LogP contribution is -2.20. The van der Waals surface area contributed by atoms with E-state index in [4.69, 9.17) is 21.1 Å². The molecular formula is C21H18BrClN2O5S. The minimum Gasteiger partial charge on any atom is -0.497 e. The molecule has 0 unspecified atom stereocenters. The maximum atomic E-state index is 12.6. The number of anilines is 2. The largest absolute Gasteiger partial charge is 0.497 e. The van der Waals surface area contributed by atoms with Crippen molar-refractivity contribution < 1.29 is 22.7 Å². The first-order chi connectivity index (χ1) is 14.8. The number of hydrogen-bond donors (Lipinski definition) is 2. The third-order valence-electron chi connectivity index (χ3n) is 4.06. The average molecular weight is 526 g/mol. The smallest absolute Gasteiger partial charge is 0.262 e. The van der Waals surface area contributed by atoms with E-state index in [9.17, 15) is 13.2 Å². The fourth-order valence-corrected chi connectivity index (χ4v) is 4.30. The molecule has 0 aliphatic rings. The third kappa shape index (κ3) is 6.13. The van der Waals surface area contributed by atoms with Crippen LogP contribution in [0.5, 0.6) is 11.5 Å². The van der Waals surface area contributed by atoms with Crippen molar-refractivity contribution in [2.45, 2.75) is 4.90 Å². The lowest BCUT2D eigenvalue weighted by atomic mass is 10.3. The number of halogens is 2. The summed E-state index contributed by atoms with van der Waals surface area (Å²) in [6.45, 7) is -0.294. The number of ether oxygens (including phenoxy) is 2. The molecule has 0 aliphatic carbocycles. The summed E-state index contributed by atoms with van der Waals surface area (Å²) in [6.07, 6.45) is 0. The number of benzene rings is 3. The SMILES string of the molecule is COc1ccc(NS(=O)(=O)c2ccc(OCC(=O)Nc3ccccc3Br)c(Cl)c2)cc1. The van der Waals surface area contributed by atoms with Gasteiger partial charge in [-0.3, -0.25) is 9.52 Å². The zero-order valence-corrected chi connectivity index (χ0v) is 19.4. The maximum absolute atomic E-state index is 12.6. The van der Waals surface area contributed by atoms with Crippen LogP contribution >= 0.6 is 27.5 Å². The van der Waals surface area contributed by atoms with Crippen molar-refractivity contribution in [1.29, 1.82) is 0 Å². The number of carbonyl (C=O) groups is 1. The predicted octanol–water partition coefficient (Wildman–Crippen LogP) is 4.93. The predicted molar refractivity (Wildman–Crippen MR) is 124 cm³/mol. The van der Waals surface area contributed by atoms with E-state index in [1.54, 1.807) is 42.5 Å².